The second-order valence-corrected chi connectivity index (χ2v) is 8.81. The Kier molecular flexibility index (Phi) is 7.47. The largest absolute Gasteiger partial charge is 0.481 e. The maximum atomic E-state index is 12.5. The van der Waals surface area contributed by atoms with Crippen molar-refractivity contribution in [1.29, 1.82) is 0 Å². The fourth-order valence-corrected chi connectivity index (χ4v) is 4.65. The highest BCUT2D eigenvalue weighted by molar-refractivity contribution is 5.79. The van der Waals surface area contributed by atoms with Gasteiger partial charge in [-0.25, -0.2) is 4.79 Å². The van der Waals surface area contributed by atoms with Gasteiger partial charge in [-0.15, -0.1) is 0 Å². The standard InChI is InChI=1S/C26H30N2O6/c1-2-17(12-24(29)27-13-18-11-16(14-33-18)25(30)31)28-26(32)34-15-23-21-9-5-3-7-19(21)20-8-4-6-10-22(20)23/h3-10,16-18,23H,2,11-15H2,1H3,(H,27,29)(H,28,32)(H,30,31)/t16?,17-,18?/m0/s1. The Bertz CT molecular complexity index is 1010. The van der Waals surface area contributed by atoms with Gasteiger partial charge < -0.3 is 25.2 Å². The van der Waals surface area contributed by atoms with Gasteiger partial charge in [-0.3, -0.25) is 9.59 Å². The predicted octanol–water partition coefficient (Wildman–Crippen LogP) is 3.30. The van der Waals surface area contributed by atoms with Crippen molar-refractivity contribution in [3.05, 3.63) is 59.7 Å². The zero-order valence-corrected chi connectivity index (χ0v) is 19.2. The molecule has 0 saturated carbocycles. The Hall–Kier alpha value is -3.39. The van der Waals surface area contributed by atoms with E-state index in [1.165, 1.54) is 0 Å². The van der Waals surface area contributed by atoms with E-state index in [2.05, 4.69) is 34.9 Å². The number of alkyl carbamates (subject to hydrolysis) is 1. The predicted molar refractivity (Wildman–Crippen MR) is 125 cm³/mol. The third kappa shape index (κ3) is 5.39. The normalized spacial score (nSPS) is 19.7. The van der Waals surface area contributed by atoms with Gasteiger partial charge in [0, 0.05) is 24.9 Å². The van der Waals surface area contributed by atoms with E-state index in [1.54, 1.807) is 0 Å². The van der Waals surface area contributed by atoms with Crippen LogP contribution in [0.3, 0.4) is 0 Å². The molecule has 0 bridgehead atoms. The number of carboxylic acid groups (broad SMARTS) is 1. The van der Waals surface area contributed by atoms with Crippen molar-refractivity contribution in [3.8, 4) is 11.1 Å². The van der Waals surface area contributed by atoms with Gasteiger partial charge in [0.1, 0.15) is 6.61 Å². The molecular weight excluding hydrogens is 436 g/mol. The number of aliphatic carboxylic acids is 1. The van der Waals surface area contributed by atoms with Crippen LogP contribution in [0.25, 0.3) is 11.1 Å². The van der Waals surface area contributed by atoms with Gasteiger partial charge in [0.25, 0.3) is 0 Å². The summed E-state index contributed by atoms with van der Waals surface area (Å²) < 4.78 is 11.0. The Morgan fingerprint density at radius 3 is 2.32 bits per heavy atom. The third-order valence-corrected chi connectivity index (χ3v) is 6.55. The van der Waals surface area contributed by atoms with E-state index in [4.69, 9.17) is 14.6 Å². The first-order valence-corrected chi connectivity index (χ1v) is 11.7. The van der Waals surface area contributed by atoms with Crippen LogP contribution in [0.4, 0.5) is 4.79 Å². The van der Waals surface area contributed by atoms with Gasteiger partial charge in [0.15, 0.2) is 0 Å². The van der Waals surface area contributed by atoms with Crippen LogP contribution in [0, 0.1) is 5.92 Å². The molecule has 4 rings (SSSR count). The molecule has 180 valence electrons. The highest BCUT2D eigenvalue weighted by atomic mass is 16.5. The first-order valence-electron chi connectivity index (χ1n) is 11.7. The first kappa shape index (κ1) is 23.8. The first-order chi connectivity index (χ1) is 16.5. The van der Waals surface area contributed by atoms with Crippen molar-refractivity contribution in [3.63, 3.8) is 0 Å². The van der Waals surface area contributed by atoms with Crippen molar-refractivity contribution >= 4 is 18.0 Å². The molecule has 0 spiro atoms. The summed E-state index contributed by atoms with van der Waals surface area (Å²) in [4.78, 5) is 35.8. The summed E-state index contributed by atoms with van der Waals surface area (Å²) in [6.45, 7) is 2.52. The molecule has 0 aromatic heterocycles. The number of carbonyl (C=O) groups excluding carboxylic acids is 2. The number of benzene rings is 2. The fourth-order valence-electron chi connectivity index (χ4n) is 4.65. The van der Waals surface area contributed by atoms with Gasteiger partial charge in [-0.05, 0) is 35.1 Å². The number of carboxylic acids is 1. The van der Waals surface area contributed by atoms with Crippen LogP contribution >= 0.6 is 0 Å². The van der Waals surface area contributed by atoms with Gasteiger partial charge in [-0.1, -0.05) is 55.5 Å². The van der Waals surface area contributed by atoms with Crippen LogP contribution in [0.15, 0.2) is 48.5 Å². The van der Waals surface area contributed by atoms with Crippen molar-refractivity contribution in [2.75, 3.05) is 19.8 Å². The highest BCUT2D eigenvalue weighted by Crippen LogP contribution is 2.44. The molecule has 3 N–H and O–H groups in total. The fraction of sp³-hybridized carbons (Fsp3) is 0.423. The van der Waals surface area contributed by atoms with Crippen molar-refractivity contribution in [1.82, 2.24) is 10.6 Å². The average molecular weight is 467 g/mol. The Morgan fingerprint density at radius 1 is 1.09 bits per heavy atom. The molecule has 2 amide bonds. The molecule has 2 aromatic rings. The molecule has 1 fully saturated rings. The summed E-state index contributed by atoms with van der Waals surface area (Å²) in [6, 6.07) is 15.9. The maximum absolute atomic E-state index is 12.5. The van der Waals surface area contributed by atoms with Gasteiger partial charge >= 0.3 is 12.1 Å². The van der Waals surface area contributed by atoms with E-state index in [1.807, 2.05) is 31.2 Å². The second-order valence-electron chi connectivity index (χ2n) is 8.81. The summed E-state index contributed by atoms with van der Waals surface area (Å²) in [7, 11) is 0. The Balaban J connectivity index is 1.25. The topological polar surface area (TPSA) is 114 Å². The van der Waals surface area contributed by atoms with Crippen molar-refractivity contribution in [2.45, 2.75) is 44.2 Å². The molecule has 0 radical (unpaired) electrons. The van der Waals surface area contributed by atoms with Crippen molar-refractivity contribution < 1.29 is 29.0 Å². The zero-order valence-electron chi connectivity index (χ0n) is 19.2. The van der Waals surface area contributed by atoms with Crippen molar-refractivity contribution in [2.24, 2.45) is 5.92 Å². The lowest BCUT2D eigenvalue weighted by Crippen LogP contribution is -2.41. The number of hydrogen-bond acceptors (Lipinski definition) is 5. The van der Waals surface area contributed by atoms with E-state index in [0.717, 1.165) is 22.3 Å². The number of amides is 2. The van der Waals surface area contributed by atoms with Crippen LogP contribution < -0.4 is 10.6 Å². The summed E-state index contributed by atoms with van der Waals surface area (Å²) in [5.74, 6) is -1.66. The number of carbonyl (C=O) groups is 3. The lowest BCUT2D eigenvalue weighted by molar-refractivity contribution is -0.141. The molecule has 8 nitrogen and oxygen atoms in total. The number of fused-ring (bicyclic) bond motifs is 3. The van der Waals surface area contributed by atoms with Gasteiger partial charge in [0.05, 0.1) is 18.6 Å². The zero-order chi connectivity index (χ0) is 24.1. The number of ether oxygens (including phenoxy) is 2. The van der Waals surface area contributed by atoms with E-state index in [9.17, 15) is 14.4 Å². The number of hydrogen-bond donors (Lipinski definition) is 3. The van der Waals surface area contributed by atoms with Gasteiger partial charge in [-0.2, -0.15) is 0 Å². The third-order valence-electron chi connectivity index (χ3n) is 6.55. The Labute approximate surface area is 198 Å². The molecule has 2 aliphatic rings. The molecular formula is C26H30N2O6. The number of rotatable bonds is 9. The molecule has 1 heterocycles. The quantitative estimate of drug-likeness (QED) is 0.523. The molecule has 2 aromatic carbocycles. The molecule has 1 saturated heterocycles. The van der Waals surface area contributed by atoms with E-state index in [0.29, 0.717) is 12.8 Å². The molecule has 1 aliphatic heterocycles. The monoisotopic (exact) mass is 466 g/mol. The minimum absolute atomic E-state index is 0.0254. The molecule has 1 aliphatic carbocycles. The molecule has 8 heteroatoms. The number of nitrogens with one attached hydrogen (secondary N) is 2. The van der Waals surface area contributed by atoms with Crippen LogP contribution in [-0.4, -0.2) is 55.0 Å². The lowest BCUT2D eigenvalue weighted by Gasteiger charge is -2.19. The van der Waals surface area contributed by atoms with E-state index >= 15 is 0 Å². The minimum Gasteiger partial charge on any atom is -0.481 e. The molecule has 3 atom stereocenters. The second kappa shape index (κ2) is 10.7. The van der Waals surface area contributed by atoms with Crippen LogP contribution in [0.1, 0.15) is 43.2 Å². The minimum atomic E-state index is -0.882. The maximum Gasteiger partial charge on any atom is 0.407 e. The SMILES string of the molecule is CC[C@@H](CC(=O)NCC1CC(C(=O)O)CO1)NC(=O)OCC1c2ccccc2-c2ccccc21. The average Bonchev–Trinajstić information content (AvgIpc) is 3.44. The van der Waals surface area contributed by atoms with Crippen LogP contribution in [0.2, 0.25) is 0 Å². The molecule has 2 unspecified atom stereocenters. The van der Waals surface area contributed by atoms with Crippen LogP contribution in [0.5, 0.6) is 0 Å². The van der Waals surface area contributed by atoms with E-state index < -0.39 is 18.0 Å². The summed E-state index contributed by atoms with van der Waals surface area (Å²) in [6.07, 6.45) is 0.198. The highest BCUT2D eigenvalue weighted by Gasteiger charge is 2.31. The Morgan fingerprint density at radius 2 is 1.74 bits per heavy atom. The van der Waals surface area contributed by atoms with Crippen LogP contribution in [-0.2, 0) is 19.1 Å². The van der Waals surface area contributed by atoms with Gasteiger partial charge in [0.2, 0.25) is 5.91 Å². The molecule has 34 heavy (non-hydrogen) atoms. The van der Waals surface area contributed by atoms with E-state index in [-0.39, 0.29) is 50.2 Å². The smallest absolute Gasteiger partial charge is 0.407 e. The summed E-state index contributed by atoms with van der Waals surface area (Å²) in [5, 5.41) is 14.6. The lowest BCUT2D eigenvalue weighted by atomic mass is 9.98. The summed E-state index contributed by atoms with van der Waals surface area (Å²) in [5.41, 5.74) is 4.61. The summed E-state index contributed by atoms with van der Waals surface area (Å²) >= 11 is 0.